The third-order valence-corrected chi connectivity index (χ3v) is 1.30. The molecule has 74 valence electrons. The molecule has 0 saturated heterocycles. The van der Waals surface area contributed by atoms with Gasteiger partial charge in [0.1, 0.15) is 12.0 Å². The van der Waals surface area contributed by atoms with E-state index in [0.29, 0.717) is 6.29 Å². The molecule has 0 aromatic rings. The van der Waals surface area contributed by atoms with Crippen molar-refractivity contribution in [2.24, 2.45) is 10.9 Å². The van der Waals surface area contributed by atoms with Gasteiger partial charge in [0.25, 0.3) is 0 Å². The Hall–Kier alpha value is -1.13. The molecule has 0 spiro atoms. The van der Waals surface area contributed by atoms with Gasteiger partial charge in [0.05, 0.1) is 0 Å². The Balaban J connectivity index is 4.49. The van der Waals surface area contributed by atoms with Crippen LogP contribution in [0.15, 0.2) is 17.1 Å². The molecule has 0 rings (SSSR count). The third kappa shape index (κ3) is 4.45. The van der Waals surface area contributed by atoms with Gasteiger partial charge in [-0.1, -0.05) is 13.0 Å². The summed E-state index contributed by atoms with van der Waals surface area (Å²) in [5.41, 5.74) is -0.985. The maximum absolute atomic E-state index is 12.0. The van der Waals surface area contributed by atoms with Crippen molar-refractivity contribution in [3.63, 3.8) is 0 Å². The zero-order valence-corrected chi connectivity index (χ0v) is 7.30. The minimum atomic E-state index is -4.45. The highest BCUT2D eigenvalue weighted by molar-refractivity contribution is 5.99. The topological polar surface area (TPSA) is 29.4 Å². The first-order valence-corrected chi connectivity index (χ1v) is 3.59. The molecule has 0 aromatic carbocycles. The molecule has 5 heteroatoms. The quantitative estimate of drug-likeness (QED) is 0.498. The number of rotatable bonds is 3. The lowest BCUT2D eigenvalue weighted by molar-refractivity contribution is -0.109. The number of nitrogens with zero attached hydrogens (tertiary/aromatic N) is 1. The van der Waals surface area contributed by atoms with E-state index in [2.05, 4.69) is 4.99 Å². The predicted molar refractivity (Wildman–Crippen MR) is 43.8 cm³/mol. The van der Waals surface area contributed by atoms with Crippen LogP contribution in [0.3, 0.4) is 0 Å². The van der Waals surface area contributed by atoms with Gasteiger partial charge in [-0.3, -0.25) is 4.99 Å². The van der Waals surface area contributed by atoms with Crippen molar-refractivity contribution >= 4 is 12.0 Å². The molecule has 1 atom stereocenters. The first-order chi connectivity index (χ1) is 5.91. The molecule has 0 saturated carbocycles. The number of carbonyl (C=O) groups excluding carboxylic acids is 1. The van der Waals surface area contributed by atoms with Crippen LogP contribution in [-0.4, -0.2) is 25.2 Å². The maximum Gasteiger partial charge on any atom is 0.432 e. The van der Waals surface area contributed by atoms with Crippen LogP contribution >= 0.6 is 0 Å². The van der Waals surface area contributed by atoms with E-state index in [1.54, 1.807) is 0 Å². The SMILES string of the molecule is CN=C(/C=C\C(C)C=O)C(F)(F)F. The molecule has 0 aliphatic rings. The number of allylic oxidation sites excluding steroid dienone is 2. The fourth-order valence-electron chi connectivity index (χ4n) is 0.584. The standard InChI is InChI=1S/C8H10F3NO/c1-6(5-13)3-4-7(12-2)8(9,10)11/h3-6H,1-2H3/b4-3-,12-7?. The van der Waals surface area contributed by atoms with Gasteiger partial charge in [-0.15, -0.1) is 0 Å². The van der Waals surface area contributed by atoms with Gasteiger partial charge in [-0.05, 0) is 6.08 Å². The van der Waals surface area contributed by atoms with Gasteiger partial charge < -0.3 is 4.79 Å². The normalized spacial score (nSPS) is 16.2. The van der Waals surface area contributed by atoms with Crippen LogP contribution in [0.4, 0.5) is 13.2 Å². The van der Waals surface area contributed by atoms with E-state index in [9.17, 15) is 18.0 Å². The highest BCUT2D eigenvalue weighted by Gasteiger charge is 2.33. The van der Waals surface area contributed by atoms with Gasteiger partial charge >= 0.3 is 6.18 Å². The summed E-state index contributed by atoms with van der Waals surface area (Å²) in [5, 5.41) is 0. The summed E-state index contributed by atoms with van der Waals surface area (Å²) in [6.07, 6.45) is -1.93. The average Bonchev–Trinajstić information content (AvgIpc) is 2.02. The monoisotopic (exact) mass is 193 g/mol. The van der Waals surface area contributed by atoms with Gasteiger partial charge in [0.2, 0.25) is 0 Å². The van der Waals surface area contributed by atoms with Crippen LogP contribution in [0.25, 0.3) is 0 Å². The van der Waals surface area contributed by atoms with Gasteiger partial charge in [0.15, 0.2) is 0 Å². The number of aliphatic imine (C=N–C) groups is 1. The number of alkyl halides is 3. The summed E-state index contributed by atoms with van der Waals surface area (Å²) in [7, 11) is 1.05. The fraction of sp³-hybridized carbons (Fsp3) is 0.500. The predicted octanol–water partition coefficient (Wildman–Crippen LogP) is 2.01. The smallest absolute Gasteiger partial charge is 0.303 e. The second-order valence-corrected chi connectivity index (χ2v) is 2.46. The third-order valence-electron chi connectivity index (χ3n) is 1.30. The Morgan fingerprint density at radius 3 is 2.31 bits per heavy atom. The molecule has 0 bridgehead atoms. The first kappa shape index (κ1) is 11.9. The zero-order valence-electron chi connectivity index (χ0n) is 7.30. The van der Waals surface area contributed by atoms with E-state index in [1.165, 1.54) is 6.92 Å². The lowest BCUT2D eigenvalue weighted by Crippen LogP contribution is -2.20. The number of halogens is 3. The summed E-state index contributed by atoms with van der Waals surface area (Å²) in [5.74, 6) is -0.529. The second kappa shape index (κ2) is 4.79. The van der Waals surface area contributed by atoms with Crippen LogP contribution in [0, 0.1) is 5.92 Å². The average molecular weight is 193 g/mol. The van der Waals surface area contributed by atoms with Crippen LogP contribution in [0.1, 0.15) is 6.92 Å². The van der Waals surface area contributed by atoms with Gasteiger partial charge in [0, 0.05) is 13.0 Å². The lowest BCUT2D eigenvalue weighted by atomic mass is 10.2. The van der Waals surface area contributed by atoms with Crippen molar-refractivity contribution in [2.75, 3.05) is 7.05 Å². The Labute approximate surface area is 74.2 Å². The van der Waals surface area contributed by atoms with Crippen LogP contribution < -0.4 is 0 Å². The number of hydrogen-bond donors (Lipinski definition) is 0. The largest absolute Gasteiger partial charge is 0.432 e. The molecule has 0 heterocycles. The number of aldehydes is 1. The maximum atomic E-state index is 12.0. The molecule has 13 heavy (non-hydrogen) atoms. The Kier molecular flexibility index (Phi) is 4.37. The second-order valence-electron chi connectivity index (χ2n) is 2.46. The van der Waals surface area contributed by atoms with Crippen molar-refractivity contribution in [3.05, 3.63) is 12.2 Å². The molecule has 2 nitrogen and oxygen atoms in total. The number of hydrogen-bond acceptors (Lipinski definition) is 2. The lowest BCUT2D eigenvalue weighted by Gasteiger charge is -2.04. The molecule has 0 aromatic heterocycles. The van der Waals surface area contributed by atoms with Crippen LogP contribution in [0.2, 0.25) is 0 Å². The summed E-state index contributed by atoms with van der Waals surface area (Å²) in [6, 6.07) is 0. The van der Waals surface area contributed by atoms with Gasteiger partial charge in [-0.25, -0.2) is 0 Å². The highest BCUT2D eigenvalue weighted by Crippen LogP contribution is 2.18. The van der Waals surface area contributed by atoms with Crippen molar-refractivity contribution < 1.29 is 18.0 Å². The molecule has 1 unspecified atom stereocenters. The van der Waals surface area contributed by atoms with Crippen molar-refractivity contribution in [1.82, 2.24) is 0 Å². The summed E-state index contributed by atoms with van der Waals surface area (Å²) < 4.78 is 36.0. The van der Waals surface area contributed by atoms with E-state index >= 15 is 0 Å². The van der Waals surface area contributed by atoms with Crippen molar-refractivity contribution in [1.29, 1.82) is 0 Å². The Morgan fingerprint density at radius 1 is 1.46 bits per heavy atom. The molecule has 0 aliphatic carbocycles. The van der Waals surface area contributed by atoms with Crippen LogP contribution in [0.5, 0.6) is 0 Å². The minimum Gasteiger partial charge on any atom is -0.303 e. The van der Waals surface area contributed by atoms with E-state index in [1.807, 2.05) is 0 Å². The highest BCUT2D eigenvalue weighted by atomic mass is 19.4. The van der Waals surface area contributed by atoms with E-state index < -0.39 is 17.8 Å². The van der Waals surface area contributed by atoms with E-state index in [-0.39, 0.29) is 0 Å². The van der Waals surface area contributed by atoms with Gasteiger partial charge in [-0.2, -0.15) is 13.2 Å². The van der Waals surface area contributed by atoms with E-state index in [0.717, 1.165) is 19.2 Å². The summed E-state index contributed by atoms with van der Waals surface area (Å²) in [6.45, 7) is 1.49. The molecular weight excluding hydrogens is 183 g/mol. The van der Waals surface area contributed by atoms with Crippen molar-refractivity contribution in [2.45, 2.75) is 13.1 Å². The molecule has 0 amide bonds. The zero-order chi connectivity index (χ0) is 10.5. The fourth-order valence-corrected chi connectivity index (χ4v) is 0.584. The van der Waals surface area contributed by atoms with E-state index in [4.69, 9.17) is 0 Å². The molecular formula is C8H10F3NO. The first-order valence-electron chi connectivity index (χ1n) is 3.59. The number of carbonyl (C=O) groups is 1. The Bertz CT molecular complexity index is 230. The molecule has 0 aliphatic heterocycles. The summed E-state index contributed by atoms with van der Waals surface area (Å²) in [4.78, 5) is 13.1. The van der Waals surface area contributed by atoms with Crippen LogP contribution in [-0.2, 0) is 4.79 Å². The summed E-state index contributed by atoms with van der Waals surface area (Å²) >= 11 is 0. The molecule has 0 fully saturated rings. The molecule has 0 radical (unpaired) electrons. The molecule has 0 N–H and O–H groups in total. The minimum absolute atomic E-state index is 0.529. The van der Waals surface area contributed by atoms with Crippen molar-refractivity contribution in [3.8, 4) is 0 Å². The Morgan fingerprint density at radius 2 is 2.00 bits per heavy atom.